The summed E-state index contributed by atoms with van der Waals surface area (Å²) in [6.45, 7) is 0.839. The van der Waals surface area contributed by atoms with Crippen LogP contribution >= 0.6 is 0 Å². The number of rotatable bonds is 4. The molecule has 46 heavy (non-hydrogen) atoms. The zero-order chi connectivity index (χ0) is 30.5. The average Bonchev–Trinajstić information content (AvgIpc) is 3.47. The van der Waals surface area contributed by atoms with Gasteiger partial charge in [-0.2, -0.15) is 0 Å². The molecule has 222 valence electrons. The van der Waals surface area contributed by atoms with Crippen molar-refractivity contribution in [2.45, 2.75) is 19.3 Å². The van der Waals surface area contributed by atoms with Crippen LogP contribution in [0.2, 0.25) is 0 Å². The highest BCUT2D eigenvalue weighted by molar-refractivity contribution is 6.03. The van der Waals surface area contributed by atoms with Crippen molar-refractivity contribution in [3.05, 3.63) is 162 Å². The molecule has 0 amide bonds. The number of fused-ring (bicyclic) bond motifs is 7. The topological polar surface area (TPSA) is 41.3 Å². The second-order valence-corrected chi connectivity index (χ2v) is 12.3. The Morgan fingerprint density at radius 2 is 1.72 bits per heavy atom. The van der Waals surface area contributed by atoms with Gasteiger partial charge in [0.1, 0.15) is 11.5 Å². The first-order chi connectivity index (χ1) is 22.8. The Kier molecular flexibility index (Phi) is 6.45. The van der Waals surface area contributed by atoms with Crippen LogP contribution in [0.5, 0.6) is 0 Å². The van der Waals surface area contributed by atoms with Gasteiger partial charge in [0.05, 0.1) is 11.4 Å². The number of pyridine rings is 1. The second-order valence-electron chi connectivity index (χ2n) is 12.3. The van der Waals surface area contributed by atoms with Crippen LogP contribution < -0.4 is 10.2 Å². The number of aryl methyl sites for hydroxylation is 1. The first-order valence-corrected chi connectivity index (χ1v) is 16.2. The number of benzene rings is 3. The maximum atomic E-state index is 6.83. The lowest BCUT2D eigenvalue weighted by atomic mass is 9.83. The molecule has 1 unspecified atom stereocenters. The largest absolute Gasteiger partial charge is 0.460 e. The number of aromatic nitrogens is 1. The van der Waals surface area contributed by atoms with Gasteiger partial charge in [-0.15, -0.1) is 0 Å². The third kappa shape index (κ3) is 4.49. The van der Waals surface area contributed by atoms with Crippen molar-refractivity contribution in [2.75, 3.05) is 11.4 Å². The molecule has 2 aliphatic carbocycles. The van der Waals surface area contributed by atoms with Crippen LogP contribution in [0.25, 0.3) is 45.2 Å². The summed E-state index contributed by atoms with van der Waals surface area (Å²) in [7, 11) is 0. The molecule has 1 atom stereocenters. The minimum Gasteiger partial charge on any atom is -0.460 e. The van der Waals surface area contributed by atoms with Crippen molar-refractivity contribution in [3.8, 4) is 33.6 Å². The standard InChI is InChI=1S/C42H33N3O/c1-2-10-28(11-3-1)29-18-19-39-37(25-29)41-36-15-5-7-17-40(36)46-42(41)35-14-4-6-16-38(35)45(39)34-23-32(30-12-8-20-43-26-30)22-33(24-34)31-13-9-21-44-27-31/h1-6,8-16,18-21,23-26,33,44H,7,17,22,27H2. The number of hydrogen-bond donors (Lipinski definition) is 1. The fraction of sp³-hybridized carbons (Fsp3) is 0.119. The van der Waals surface area contributed by atoms with Crippen LogP contribution in [-0.2, 0) is 6.42 Å². The molecule has 3 aromatic carbocycles. The summed E-state index contributed by atoms with van der Waals surface area (Å²) in [6, 6.07) is 30.5. The van der Waals surface area contributed by atoms with E-state index in [0.717, 1.165) is 65.5 Å². The molecule has 0 radical (unpaired) electrons. The first kappa shape index (κ1) is 26.8. The number of anilines is 2. The summed E-state index contributed by atoms with van der Waals surface area (Å²) in [5.74, 6) is 2.27. The van der Waals surface area contributed by atoms with Crippen molar-refractivity contribution in [1.82, 2.24) is 10.3 Å². The lowest BCUT2D eigenvalue weighted by Crippen LogP contribution is -2.23. The molecule has 0 fully saturated rings. The zero-order valence-corrected chi connectivity index (χ0v) is 25.5. The molecule has 0 bridgehead atoms. The Morgan fingerprint density at radius 1 is 0.848 bits per heavy atom. The average molecular weight is 596 g/mol. The first-order valence-electron chi connectivity index (χ1n) is 16.2. The van der Waals surface area contributed by atoms with Crippen LogP contribution in [0.15, 0.2) is 150 Å². The lowest BCUT2D eigenvalue weighted by Gasteiger charge is -2.33. The molecule has 0 saturated carbocycles. The van der Waals surface area contributed by atoms with E-state index < -0.39 is 0 Å². The highest BCUT2D eigenvalue weighted by Gasteiger charge is 2.34. The van der Waals surface area contributed by atoms with Gasteiger partial charge in [0, 0.05) is 59.2 Å². The van der Waals surface area contributed by atoms with Gasteiger partial charge in [-0.1, -0.05) is 78.9 Å². The number of nitrogens with zero attached hydrogens (tertiary/aromatic N) is 2. The van der Waals surface area contributed by atoms with Crippen molar-refractivity contribution in [1.29, 1.82) is 0 Å². The van der Waals surface area contributed by atoms with Gasteiger partial charge >= 0.3 is 0 Å². The number of allylic oxidation sites excluding steroid dienone is 6. The quantitative estimate of drug-likeness (QED) is 0.224. The minimum absolute atomic E-state index is 0.238. The fourth-order valence-corrected chi connectivity index (χ4v) is 7.38. The van der Waals surface area contributed by atoms with Crippen LogP contribution in [0.1, 0.15) is 29.7 Å². The molecule has 4 heteroatoms. The zero-order valence-electron chi connectivity index (χ0n) is 25.5. The highest BCUT2D eigenvalue weighted by atomic mass is 16.3. The SMILES string of the molecule is C1=CNCC(C2C=C(N3c4ccccc4-c4oc5c(c4-c4cc(-c6ccccc6)ccc43)C=CCC5)C=C(c3cccnc3)C2)=C1. The molecular formula is C42H33N3O. The number of nitrogens with one attached hydrogen (secondary N) is 1. The Hall–Kier alpha value is -5.61. The maximum Gasteiger partial charge on any atom is 0.144 e. The van der Waals surface area contributed by atoms with E-state index in [2.05, 4.69) is 131 Å². The minimum atomic E-state index is 0.238. The van der Waals surface area contributed by atoms with E-state index in [4.69, 9.17) is 4.42 Å². The van der Waals surface area contributed by atoms with Crippen LogP contribution in [-0.4, -0.2) is 11.5 Å². The van der Waals surface area contributed by atoms with Gasteiger partial charge in [0.15, 0.2) is 0 Å². The van der Waals surface area contributed by atoms with Gasteiger partial charge < -0.3 is 14.6 Å². The van der Waals surface area contributed by atoms with Gasteiger partial charge in [-0.05, 0) is 89.4 Å². The van der Waals surface area contributed by atoms with E-state index in [-0.39, 0.29) is 5.92 Å². The van der Waals surface area contributed by atoms with E-state index in [0.29, 0.717) is 0 Å². The molecule has 1 N–H and O–H groups in total. The Labute approximate surface area is 269 Å². The van der Waals surface area contributed by atoms with E-state index in [1.54, 1.807) is 0 Å². The molecule has 4 nitrogen and oxygen atoms in total. The monoisotopic (exact) mass is 595 g/mol. The molecule has 0 spiro atoms. The summed E-state index contributed by atoms with van der Waals surface area (Å²) >= 11 is 0. The van der Waals surface area contributed by atoms with E-state index in [1.807, 2.05) is 24.7 Å². The Bertz CT molecular complexity index is 2130. The number of para-hydroxylation sites is 1. The van der Waals surface area contributed by atoms with Crippen LogP contribution in [0.3, 0.4) is 0 Å². The molecule has 4 aliphatic rings. The molecule has 9 rings (SSSR count). The van der Waals surface area contributed by atoms with Crippen LogP contribution in [0.4, 0.5) is 11.4 Å². The third-order valence-corrected chi connectivity index (χ3v) is 9.58. The number of furan rings is 1. The Balaban J connectivity index is 1.32. The normalized spacial score (nSPS) is 17.8. The molecule has 4 heterocycles. The lowest BCUT2D eigenvalue weighted by molar-refractivity contribution is 0.521. The summed E-state index contributed by atoms with van der Waals surface area (Å²) in [5.41, 5.74) is 14.3. The van der Waals surface area contributed by atoms with Gasteiger partial charge in [0.2, 0.25) is 0 Å². The maximum absolute atomic E-state index is 6.83. The predicted octanol–water partition coefficient (Wildman–Crippen LogP) is 10.1. The number of hydrogen-bond acceptors (Lipinski definition) is 4. The van der Waals surface area contributed by atoms with E-state index >= 15 is 0 Å². The van der Waals surface area contributed by atoms with Gasteiger partial charge in [0.25, 0.3) is 0 Å². The fourth-order valence-electron chi connectivity index (χ4n) is 7.38. The summed E-state index contributed by atoms with van der Waals surface area (Å²) in [4.78, 5) is 6.95. The number of dihydropyridines is 1. The summed E-state index contributed by atoms with van der Waals surface area (Å²) < 4.78 is 6.83. The molecule has 0 saturated heterocycles. The molecule has 2 aliphatic heterocycles. The summed E-state index contributed by atoms with van der Waals surface area (Å²) in [6.07, 6.45) is 22.5. The highest BCUT2D eigenvalue weighted by Crippen LogP contribution is 2.54. The van der Waals surface area contributed by atoms with Gasteiger partial charge in [-0.3, -0.25) is 4.98 Å². The Morgan fingerprint density at radius 3 is 2.59 bits per heavy atom. The summed E-state index contributed by atoms with van der Waals surface area (Å²) in [5, 5.41) is 3.44. The molecular weight excluding hydrogens is 562 g/mol. The third-order valence-electron chi connectivity index (χ3n) is 9.58. The second kappa shape index (κ2) is 11.1. The smallest absolute Gasteiger partial charge is 0.144 e. The molecule has 5 aromatic rings. The van der Waals surface area contributed by atoms with Crippen LogP contribution in [0, 0.1) is 5.92 Å². The van der Waals surface area contributed by atoms with Crippen molar-refractivity contribution in [3.63, 3.8) is 0 Å². The van der Waals surface area contributed by atoms with Crippen molar-refractivity contribution < 1.29 is 4.42 Å². The van der Waals surface area contributed by atoms with Gasteiger partial charge in [-0.25, -0.2) is 0 Å². The molecule has 2 aromatic heterocycles. The van der Waals surface area contributed by atoms with Crippen molar-refractivity contribution in [2.24, 2.45) is 5.92 Å². The van der Waals surface area contributed by atoms with E-state index in [9.17, 15) is 0 Å². The van der Waals surface area contributed by atoms with E-state index in [1.165, 1.54) is 39.0 Å². The predicted molar refractivity (Wildman–Crippen MR) is 188 cm³/mol. The van der Waals surface area contributed by atoms with Crippen molar-refractivity contribution >= 4 is 23.0 Å².